The zero-order valence-electron chi connectivity index (χ0n) is 20.5. The first kappa shape index (κ1) is 23.9. The summed E-state index contributed by atoms with van der Waals surface area (Å²) < 4.78 is 2.05. The number of benzene rings is 1. The highest BCUT2D eigenvalue weighted by atomic mass is 32.1. The lowest BCUT2D eigenvalue weighted by molar-refractivity contribution is -0.133. The van der Waals surface area contributed by atoms with E-state index in [-0.39, 0.29) is 17.9 Å². The highest BCUT2D eigenvalue weighted by Crippen LogP contribution is 2.34. The van der Waals surface area contributed by atoms with Crippen LogP contribution in [0, 0.1) is 0 Å². The van der Waals surface area contributed by atoms with Crippen LogP contribution in [-0.2, 0) is 17.8 Å². The molecule has 3 heterocycles. The molecule has 5 rings (SSSR count). The summed E-state index contributed by atoms with van der Waals surface area (Å²) in [4.78, 5) is 30.9. The van der Waals surface area contributed by atoms with Crippen LogP contribution in [0.15, 0.2) is 60.0 Å². The zero-order valence-corrected chi connectivity index (χ0v) is 21.4. The van der Waals surface area contributed by atoms with Gasteiger partial charge in [-0.05, 0) is 55.3 Å². The molecule has 1 aliphatic heterocycles. The van der Waals surface area contributed by atoms with Gasteiger partial charge in [0.1, 0.15) is 11.2 Å². The molecule has 0 bridgehead atoms. The normalized spacial score (nSPS) is 21.3. The van der Waals surface area contributed by atoms with Gasteiger partial charge >= 0.3 is 0 Å². The maximum absolute atomic E-state index is 14.0. The molecule has 6 heteroatoms. The first-order chi connectivity index (χ1) is 17.1. The predicted octanol–water partition coefficient (Wildman–Crippen LogP) is 5.90. The fourth-order valence-electron chi connectivity index (χ4n) is 5.60. The maximum atomic E-state index is 14.0. The lowest BCUT2D eigenvalue weighted by Crippen LogP contribution is -2.65. The summed E-state index contributed by atoms with van der Waals surface area (Å²) in [6.45, 7) is 2.93. The van der Waals surface area contributed by atoms with Crippen LogP contribution in [0.5, 0.6) is 0 Å². The Labute approximate surface area is 212 Å². The van der Waals surface area contributed by atoms with Crippen molar-refractivity contribution in [3.05, 3.63) is 70.5 Å². The summed E-state index contributed by atoms with van der Waals surface area (Å²) in [5.74, 6) is -0.0914. The van der Waals surface area contributed by atoms with E-state index in [2.05, 4.69) is 33.5 Å². The number of nitrogens with zero attached hydrogens (tertiary/aromatic N) is 2. The average Bonchev–Trinajstić information content (AvgIpc) is 3.51. The third kappa shape index (κ3) is 4.94. The quantitative estimate of drug-likeness (QED) is 0.468. The first-order valence-corrected chi connectivity index (χ1v) is 13.8. The lowest BCUT2D eigenvalue weighted by atomic mass is 9.91. The second-order valence-corrected chi connectivity index (χ2v) is 11.2. The number of aromatic nitrogens is 1. The minimum absolute atomic E-state index is 0.0269. The Hall–Kier alpha value is -2.86. The number of amides is 2. The van der Waals surface area contributed by atoms with Crippen molar-refractivity contribution in [1.82, 2.24) is 14.8 Å². The molecular formula is C29H35N3O2S. The lowest BCUT2D eigenvalue weighted by Gasteiger charge is -2.45. The predicted molar refractivity (Wildman–Crippen MR) is 142 cm³/mol. The largest absolute Gasteiger partial charge is 0.351 e. The van der Waals surface area contributed by atoms with E-state index in [1.807, 2.05) is 48.2 Å². The number of rotatable bonds is 6. The minimum Gasteiger partial charge on any atom is -0.351 e. The van der Waals surface area contributed by atoms with Gasteiger partial charge in [-0.25, -0.2) is 0 Å². The van der Waals surface area contributed by atoms with Gasteiger partial charge in [-0.3, -0.25) is 9.59 Å². The van der Waals surface area contributed by atoms with Crippen LogP contribution in [-0.4, -0.2) is 39.4 Å². The van der Waals surface area contributed by atoms with Crippen molar-refractivity contribution in [2.24, 2.45) is 0 Å². The van der Waals surface area contributed by atoms with Crippen molar-refractivity contribution in [3.8, 4) is 11.3 Å². The highest BCUT2D eigenvalue weighted by Gasteiger charge is 2.48. The molecule has 1 unspecified atom stereocenters. The van der Waals surface area contributed by atoms with E-state index in [0.29, 0.717) is 18.8 Å². The van der Waals surface area contributed by atoms with Gasteiger partial charge in [0.15, 0.2) is 0 Å². The summed E-state index contributed by atoms with van der Waals surface area (Å²) in [5, 5.41) is 5.44. The van der Waals surface area contributed by atoms with E-state index in [0.717, 1.165) is 43.4 Å². The fraction of sp³-hybridized carbons (Fsp3) is 0.448. The third-order valence-electron chi connectivity index (χ3n) is 7.67. The van der Waals surface area contributed by atoms with Crippen molar-refractivity contribution in [3.63, 3.8) is 0 Å². The summed E-state index contributed by atoms with van der Waals surface area (Å²) >= 11 is 1.70. The van der Waals surface area contributed by atoms with Gasteiger partial charge in [0.25, 0.3) is 5.91 Å². The molecule has 3 aromatic rings. The van der Waals surface area contributed by atoms with Crippen LogP contribution in [0.2, 0.25) is 0 Å². The van der Waals surface area contributed by atoms with Crippen LogP contribution in [0.4, 0.5) is 0 Å². The Morgan fingerprint density at radius 2 is 1.69 bits per heavy atom. The van der Waals surface area contributed by atoms with Crippen LogP contribution >= 0.6 is 11.3 Å². The van der Waals surface area contributed by atoms with Crippen molar-refractivity contribution in [2.75, 3.05) is 6.54 Å². The molecule has 1 fully saturated rings. The van der Waals surface area contributed by atoms with Crippen molar-refractivity contribution in [1.29, 1.82) is 0 Å². The maximum Gasteiger partial charge on any atom is 0.271 e. The number of nitrogens with one attached hydrogen (secondary N) is 1. The van der Waals surface area contributed by atoms with Crippen molar-refractivity contribution in [2.45, 2.75) is 76.4 Å². The number of hydrogen-bond acceptors (Lipinski definition) is 3. The standard InChI is InChI=1S/C29H35N3O2S/c1-29(28(34)30-23-13-8-3-2-4-9-14-23)21-31-25(22-11-6-5-7-12-22)16-17-26(31)27(33)32(29)19-18-24-15-10-20-35-24/h5-7,10-12,15-17,20,23H,2-4,8-9,13-14,18-19,21H2,1H3,(H,30,34). The summed E-state index contributed by atoms with van der Waals surface area (Å²) in [6, 6.07) is 18.4. The van der Waals surface area contributed by atoms with Gasteiger partial charge in [0, 0.05) is 23.2 Å². The van der Waals surface area contributed by atoms with Crippen LogP contribution in [0.3, 0.4) is 0 Å². The summed E-state index contributed by atoms with van der Waals surface area (Å²) in [7, 11) is 0. The Bertz CT molecular complexity index is 1150. The third-order valence-corrected chi connectivity index (χ3v) is 8.60. The average molecular weight is 490 g/mol. The van der Waals surface area contributed by atoms with E-state index in [4.69, 9.17) is 0 Å². The summed E-state index contributed by atoms with van der Waals surface area (Å²) in [5.41, 5.74) is 1.75. The van der Waals surface area contributed by atoms with Crippen LogP contribution < -0.4 is 5.32 Å². The van der Waals surface area contributed by atoms with Gasteiger partial charge in [0.2, 0.25) is 5.91 Å². The fourth-order valence-corrected chi connectivity index (χ4v) is 6.30. The Morgan fingerprint density at radius 1 is 0.971 bits per heavy atom. The van der Waals surface area contributed by atoms with Crippen LogP contribution in [0.25, 0.3) is 11.3 Å². The van der Waals surface area contributed by atoms with E-state index in [9.17, 15) is 9.59 Å². The molecule has 2 amide bonds. The van der Waals surface area contributed by atoms with Gasteiger partial charge in [-0.1, -0.05) is 68.5 Å². The Kier molecular flexibility index (Phi) is 7.09. The molecule has 0 spiro atoms. The number of fused-ring (bicyclic) bond motifs is 1. The minimum atomic E-state index is -0.952. The number of thiophene rings is 1. The smallest absolute Gasteiger partial charge is 0.271 e. The van der Waals surface area contributed by atoms with Gasteiger partial charge in [0.05, 0.1) is 6.54 Å². The molecule has 5 nitrogen and oxygen atoms in total. The van der Waals surface area contributed by atoms with E-state index < -0.39 is 5.54 Å². The number of carbonyl (C=O) groups excluding carboxylic acids is 2. The molecule has 1 saturated carbocycles. The monoisotopic (exact) mass is 489 g/mol. The van der Waals surface area contributed by atoms with E-state index in [1.165, 1.54) is 24.1 Å². The molecule has 35 heavy (non-hydrogen) atoms. The molecular weight excluding hydrogens is 454 g/mol. The first-order valence-electron chi connectivity index (χ1n) is 13.0. The van der Waals surface area contributed by atoms with Gasteiger partial charge in [-0.2, -0.15) is 0 Å². The SMILES string of the molecule is CC1(C(=O)NC2CCCCCCC2)Cn2c(ccc2-c2ccccc2)C(=O)N1CCc1cccs1. The molecule has 0 radical (unpaired) electrons. The van der Waals surface area contributed by atoms with E-state index in [1.54, 1.807) is 11.3 Å². The molecule has 1 atom stereocenters. The summed E-state index contributed by atoms with van der Waals surface area (Å²) in [6.07, 6.45) is 8.88. The van der Waals surface area contributed by atoms with Crippen molar-refractivity contribution < 1.29 is 9.59 Å². The Morgan fingerprint density at radius 3 is 2.40 bits per heavy atom. The molecule has 184 valence electrons. The second-order valence-electron chi connectivity index (χ2n) is 10.1. The second kappa shape index (κ2) is 10.4. The van der Waals surface area contributed by atoms with Crippen LogP contribution in [0.1, 0.15) is 67.2 Å². The Balaban J connectivity index is 1.46. The van der Waals surface area contributed by atoms with Gasteiger partial charge < -0.3 is 14.8 Å². The topological polar surface area (TPSA) is 54.3 Å². The number of carbonyl (C=O) groups is 2. The number of hydrogen-bond donors (Lipinski definition) is 1. The van der Waals surface area contributed by atoms with E-state index >= 15 is 0 Å². The molecule has 2 aliphatic rings. The molecule has 1 N–H and O–H groups in total. The molecule has 1 aromatic carbocycles. The highest BCUT2D eigenvalue weighted by molar-refractivity contribution is 7.09. The molecule has 1 aliphatic carbocycles. The molecule has 2 aromatic heterocycles. The zero-order chi connectivity index (χ0) is 24.3. The van der Waals surface area contributed by atoms with Gasteiger partial charge in [-0.15, -0.1) is 11.3 Å². The van der Waals surface area contributed by atoms with Crippen molar-refractivity contribution >= 4 is 23.2 Å². The molecule has 0 saturated heterocycles.